The van der Waals surface area contributed by atoms with Gasteiger partial charge >= 0.3 is 5.97 Å². The van der Waals surface area contributed by atoms with Crippen molar-refractivity contribution >= 4 is 33.9 Å². The maximum absolute atomic E-state index is 12.8. The normalized spacial score (nSPS) is 17.3. The number of aromatic carboxylic acids is 1. The Labute approximate surface area is 175 Å². The minimum absolute atomic E-state index is 0.167. The Morgan fingerprint density at radius 2 is 2.07 bits per heavy atom. The standard InChI is InChI=1S/C22H20N2O5S/c1-29-21-12(18-9-14-16(23-28)3-2-4-17(14)30-18)7-8-13-19(21)24(11-5-6-11)10-15(20(13)25)22(26)27/h7-11,28H,2-6H2,1H3,(H,26,27). The number of pyridine rings is 1. The fourth-order valence-electron chi connectivity index (χ4n) is 4.26. The summed E-state index contributed by atoms with van der Waals surface area (Å²) < 4.78 is 7.68. The first-order valence-electron chi connectivity index (χ1n) is 9.87. The second-order valence-corrected chi connectivity index (χ2v) is 8.84. The van der Waals surface area contributed by atoms with Gasteiger partial charge in [-0.15, -0.1) is 11.3 Å². The van der Waals surface area contributed by atoms with Gasteiger partial charge in [-0.2, -0.15) is 0 Å². The summed E-state index contributed by atoms with van der Waals surface area (Å²) in [6, 6.07) is 5.70. The van der Waals surface area contributed by atoms with Crippen molar-refractivity contribution in [3.8, 4) is 16.2 Å². The number of carboxylic acids is 1. The van der Waals surface area contributed by atoms with E-state index in [1.807, 2.05) is 16.7 Å². The lowest BCUT2D eigenvalue weighted by molar-refractivity contribution is 0.0695. The largest absolute Gasteiger partial charge is 0.494 e. The highest BCUT2D eigenvalue weighted by molar-refractivity contribution is 7.16. The third kappa shape index (κ3) is 2.82. The highest BCUT2D eigenvalue weighted by Crippen LogP contribution is 2.45. The van der Waals surface area contributed by atoms with Crippen LogP contribution in [0, 0.1) is 0 Å². The molecule has 5 rings (SSSR count). The van der Waals surface area contributed by atoms with Gasteiger partial charge in [0.05, 0.1) is 23.7 Å². The summed E-state index contributed by atoms with van der Waals surface area (Å²) in [7, 11) is 1.57. The molecule has 3 aromatic rings. The van der Waals surface area contributed by atoms with Crippen LogP contribution in [-0.4, -0.2) is 33.7 Å². The molecule has 0 unspecified atom stereocenters. The molecule has 30 heavy (non-hydrogen) atoms. The Kier molecular flexibility index (Phi) is 4.39. The molecule has 0 atom stereocenters. The first-order valence-corrected chi connectivity index (χ1v) is 10.7. The summed E-state index contributed by atoms with van der Waals surface area (Å²) >= 11 is 1.63. The molecule has 0 bridgehead atoms. The van der Waals surface area contributed by atoms with Crippen LogP contribution in [0.25, 0.3) is 21.3 Å². The average Bonchev–Trinajstić information content (AvgIpc) is 3.50. The van der Waals surface area contributed by atoms with Gasteiger partial charge in [-0.25, -0.2) is 4.79 Å². The van der Waals surface area contributed by atoms with Crippen LogP contribution >= 0.6 is 11.3 Å². The van der Waals surface area contributed by atoms with Crippen LogP contribution < -0.4 is 10.2 Å². The van der Waals surface area contributed by atoms with E-state index in [-0.39, 0.29) is 11.6 Å². The zero-order valence-corrected chi connectivity index (χ0v) is 17.2. The average molecular weight is 424 g/mol. The molecule has 2 aliphatic carbocycles. The van der Waals surface area contributed by atoms with E-state index < -0.39 is 11.4 Å². The molecule has 1 saturated carbocycles. The van der Waals surface area contributed by atoms with Gasteiger partial charge in [0, 0.05) is 33.1 Å². The lowest BCUT2D eigenvalue weighted by Crippen LogP contribution is -2.19. The van der Waals surface area contributed by atoms with Crippen molar-refractivity contribution in [2.45, 2.75) is 38.1 Å². The minimum atomic E-state index is -1.22. The molecule has 1 fully saturated rings. The van der Waals surface area contributed by atoms with Crippen LogP contribution in [0.4, 0.5) is 0 Å². The Balaban J connectivity index is 1.79. The highest BCUT2D eigenvalue weighted by atomic mass is 32.1. The molecule has 154 valence electrons. The predicted molar refractivity (Wildman–Crippen MR) is 115 cm³/mol. The summed E-state index contributed by atoms with van der Waals surface area (Å²) in [6.07, 6.45) is 5.95. The molecule has 0 saturated heterocycles. The van der Waals surface area contributed by atoms with Crippen LogP contribution in [0.5, 0.6) is 5.75 Å². The summed E-state index contributed by atoms with van der Waals surface area (Å²) in [6.45, 7) is 0. The van der Waals surface area contributed by atoms with Crippen molar-refractivity contribution in [2.75, 3.05) is 7.11 Å². The van der Waals surface area contributed by atoms with Gasteiger partial charge in [0.15, 0.2) is 5.75 Å². The fourth-order valence-corrected chi connectivity index (χ4v) is 5.50. The van der Waals surface area contributed by atoms with Crippen molar-refractivity contribution in [3.05, 3.63) is 50.6 Å². The van der Waals surface area contributed by atoms with Crippen LogP contribution in [0.3, 0.4) is 0 Å². The number of methoxy groups -OCH3 is 1. The van der Waals surface area contributed by atoms with E-state index in [1.165, 1.54) is 11.1 Å². The van der Waals surface area contributed by atoms with E-state index in [0.717, 1.165) is 48.1 Å². The molecule has 2 heterocycles. The summed E-state index contributed by atoms with van der Waals surface area (Å²) in [5.74, 6) is -0.657. The van der Waals surface area contributed by atoms with E-state index in [1.54, 1.807) is 24.5 Å². The van der Waals surface area contributed by atoms with Gasteiger partial charge in [0.25, 0.3) is 0 Å². The quantitative estimate of drug-likeness (QED) is 0.481. The van der Waals surface area contributed by atoms with Crippen molar-refractivity contribution in [1.29, 1.82) is 0 Å². The number of ether oxygens (including phenoxy) is 1. The predicted octanol–water partition coefficient (Wildman–Crippen LogP) is 4.29. The number of carbonyl (C=O) groups is 1. The first-order chi connectivity index (χ1) is 14.5. The number of hydrogen-bond donors (Lipinski definition) is 2. The van der Waals surface area contributed by atoms with Crippen LogP contribution in [0.2, 0.25) is 0 Å². The maximum Gasteiger partial charge on any atom is 0.341 e. The van der Waals surface area contributed by atoms with E-state index >= 15 is 0 Å². The number of benzene rings is 1. The van der Waals surface area contributed by atoms with Crippen LogP contribution in [0.15, 0.2) is 34.3 Å². The minimum Gasteiger partial charge on any atom is -0.494 e. The zero-order chi connectivity index (χ0) is 21.0. The smallest absolute Gasteiger partial charge is 0.341 e. The van der Waals surface area contributed by atoms with E-state index in [4.69, 9.17) is 4.74 Å². The lowest BCUT2D eigenvalue weighted by atomic mass is 9.96. The molecule has 0 amide bonds. The molecule has 2 aromatic heterocycles. The Hall–Kier alpha value is -3.13. The van der Waals surface area contributed by atoms with Gasteiger partial charge in [-0.05, 0) is 50.3 Å². The fraction of sp³-hybridized carbons (Fsp3) is 0.318. The van der Waals surface area contributed by atoms with E-state index in [9.17, 15) is 19.9 Å². The Morgan fingerprint density at radius 3 is 2.73 bits per heavy atom. The monoisotopic (exact) mass is 424 g/mol. The third-order valence-corrected chi connectivity index (χ3v) is 7.07. The summed E-state index contributed by atoms with van der Waals surface area (Å²) in [5, 5.41) is 22.6. The second kappa shape index (κ2) is 6.98. The number of rotatable bonds is 4. The van der Waals surface area contributed by atoms with Crippen molar-refractivity contribution < 1.29 is 19.8 Å². The number of oxime groups is 1. The van der Waals surface area contributed by atoms with E-state index in [0.29, 0.717) is 22.4 Å². The number of nitrogens with zero attached hydrogens (tertiary/aromatic N) is 2. The van der Waals surface area contributed by atoms with Gasteiger partial charge < -0.3 is 19.6 Å². The summed E-state index contributed by atoms with van der Waals surface area (Å²) in [5.41, 5.74) is 2.42. The van der Waals surface area contributed by atoms with Crippen molar-refractivity contribution in [1.82, 2.24) is 4.57 Å². The van der Waals surface area contributed by atoms with E-state index in [2.05, 4.69) is 5.16 Å². The molecule has 7 nitrogen and oxygen atoms in total. The first kappa shape index (κ1) is 18.9. The summed E-state index contributed by atoms with van der Waals surface area (Å²) in [4.78, 5) is 26.6. The molecule has 8 heteroatoms. The van der Waals surface area contributed by atoms with Crippen molar-refractivity contribution in [2.24, 2.45) is 5.16 Å². The van der Waals surface area contributed by atoms with Gasteiger partial charge in [-0.1, -0.05) is 5.16 Å². The molecular formula is C22H20N2O5S. The number of hydrogen-bond acceptors (Lipinski definition) is 6. The second-order valence-electron chi connectivity index (χ2n) is 7.71. The number of carboxylic acid groups (broad SMARTS) is 1. The molecule has 0 spiro atoms. The molecule has 0 aliphatic heterocycles. The van der Waals surface area contributed by atoms with Gasteiger partial charge in [-0.3, -0.25) is 4.79 Å². The molecular weight excluding hydrogens is 404 g/mol. The molecule has 0 radical (unpaired) electrons. The number of aromatic nitrogens is 1. The van der Waals surface area contributed by atoms with Gasteiger partial charge in [0.1, 0.15) is 5.56 Å². The van der Waals surface area contributed by atoms with Crippen LogP contribution in [0.1, 0.15) is 52.5 Å². The number of aryl methyl sites for hydroxylation is 1. The lowest BCUT2D eigenvalue weighted by Gasteiger charge is -2.17. The third-order valence-electron chi connectivity index (χ3n) is 5.85. The SMILES string of the molecule is COc1c(-c2cc3c(s2)CCCC3=NO)ccc2c(=O)c(C(=O)O)cn(C3CC3)c12. The number of thiophene rings is 1. The van der Waals surface area contributed by atoms with Gasteiger partial charge in [0.2, 0.25) is 5.43 Å². The zero-order valence-electron chi connectivity index (χ0n) is 16.3. The molecule has 2 N–H and O–H groups in total. The number of fused-ring (bicyclic) bond motifs is 2. The Morgan fingerprint density at radius 1 is 1.27 bits per heavy atom. The maximum atomic E-state index is 12.8. The molecule has 1 aromatic carbocycles. The highest BCUT2D eigenvalue weighted by Gasteiger charge is 2.30. The molecule has 2 aliphatic rings. The topological polar surface area (TPSA) is 101 Å². The van der Waals surface area contributed by atoms with Crippen molar-refractivity contribution in [3.63, 3.8) is 0 Å². The van der Waals surface area contributed by atoms with Crippen LogP contribution in [-0.2, 0) is 6.42 Å². The Bertz CT molecular complexity index is 1280.